The minimum absolute atomic E-state index is 0.000811. The van der Waals surface area contributed by atoms with E-state index in [9.17, 15) is 4.79 Å². The summed E-state index contributed by atoms with van der Waals surface area (Å²) in [7, 11) is 0. The van der Waals surface area contributed by atoms with Gasteiger partial charge < -0.3 is 11.1 Å². The molecule has 0 saturated carbocycles. The average Bonchev–Trinajstić information content (AvgIpc) is 3.07. The van der Waals surface area contributed by atoms with E-state index in [1.54, 1.807) is 22.3 Å². The zero-order valence-electron chi connectivity index (χ0n) is 11.2. The second-order valence-electron chi connectivity index (χ2n) is 4.31. The minimum Gasteiger partial charge on any atom is -0.348 e. The molecule has 104 valence electrons. The molecule has 1 atom stereocenters. The summed E-state index contributed by atoms with van der Waals surface area (Å²) in [6.45, 7) is 2.91. The molecule has 0 aliphatic rings. The van der Waals surface area contributed by atoms with Gasteiger partial charge in [-0.1, -0.05) is 11.8 Å². The fourth-order valence-corrected chi connectivity index (χ4v) is 2.46. The molecule has 0 fully saturated rings. The second kappa shape index (κ2) is 6.89. The van der Waals surface area contributed by atoms with Gasteiger partial charge in [0, 0.05) is 23.8 Å². The number of hydrogen-bond donors (Lipinski definition) is 2. The first kappa shape index (κ1) is 14.3. The van der Waals surface area contributed by atoms with Crippen molar-refractivity contribution in [3.05, 3.63) is 40.3 Å². The average molecular weight is 288 g/mol. The second-order valence-corrected chi connectivity index (χ2v) is 5.22. The number of rotatable bonds is 4. The first-order valence-corrected chi connectivity index (χ1v) is 7.12. The Labute approximate surface area is 121 Å². The van der Waals surface area contributed by atoms with Crippen LogP contribution in [-0.2, 0) is 6.54 Å². The molecule has 2 rings (SSSR count). The zero-order valence-corrected chi connectivity index (χ0v) is 12.0. The van der Waals surface area contributed by atoms with E-state index < -0.39 is 0 Å². The third kappa shape index (κ3) is 3.95. The van der Waals surface area contributed by atoms with E-state index in [4.69, 9.17) is 5.73 Å². The molecular formula is C14H16N4OS. The van der Waals surface area contributed by atoms with Crippen LogP contribution in [0.4, 0.5) is 0 Å². The van der Waals surface area contributed by atoms with E-state index >= 15 is 0 Å². The molecule has 6 heteroatoms. The molecule has 0 spiro atoms. The van der Waals surface area contributed by atoms with Gasteiger partial charge in [0.25, 0.3) is 5.91 Å². The summed E-state index contributed by atoms with van der Waals surface area (Å²) in [4.78, 5) is 12.9. The van der Waals surface area contributed by atoms with E-state index in [2.05, 4.69) is 22.3 Å². The fourth-order valence-electron chi connectivity index (χ4n) is 1.70. The molecule has 5 nitrogen and oxygen atoms in total. The van der Waals surface area contributed by atoms with Gasteiger partial charge in [0.05, 0.1) is 23.5 Å². The van der Waals surface area contributed by atoms with Gasteiger partial charge >= 0.3 is 0 Å². The summed E-state index contributed by atoms with van der Waals surface area (Å²) >= 11 is 1.44. The van der Waals surface area contributed by atoms with Crippen molar-refractivity contribution in [2.24, 2.45) is 5.73 Å². The Bertz CT molecular complexity index is 621. The summed E-state index contributed by atoms with van der Waals surface area (Å²) in [6, 6.07) is 3.64. The maximum Gasteiger partial charge on any atom is 0.252 e. The van der Waals surface area contributed by atoms with Gasteiger partial charge in [-0.3, -0.25) is 9.48 Å². The summed E-state index contributed by atoms with van der Waals surface area (Å²) in [5.74, 6) is 5.60. The van der Waals surface area contributed by atoms with Gasteiger partial charge in [-0.2, -0.15) is 5.10 Å². The molecule has 0 aliphatic heterocycles. The number of thiophene rings is 1. The highest BCUT2D eigenvalue weighted by atomic mass is 32.1. The van der Waals surface area contributed by atoms with Crippen LogP contribution in [0.5, 0.6) is 0 Å². The van der Waals surface area contributed by atoms with Crippen LogP contribution in [0.2, 0.25) is 0 Å². The molecule has 2 heterocycles. The van der Waals surface area contributed by atoms with Gasteiger partial charge in [-0.25, -0.2) is 0 Å². The highest BCUT2D eigenvalue weighted by Gasteiger charge is 2.11. The van der Waals surface area contributed by atoms with Gasteiger partial charge in [0.15, 0.2) is 0 Å². The quantitative estimate of drug-likeness (QED) is 0.827. The number of carbonyl (C=O) groups excluding carboxylic acids is 1. The van der Waals surface area contributed by atoms with Crippen LogP contribution in [0.25, 0.3) is 0 Å². The van der Waals surface area contributed by atoms with Crippen molar-refractivity contribution >= 4 is 17.2 Å². The van der Waals surface area contributed by atoms with Crippen LogP contribution in [0.1, 0.15) is 22.2 Å². The standard InChI is InChI=1S/C14H16N4OS/c1-11(9-18-7-3-6-16-18)17-14(19)12-8-13(20-10-12)4-2-5-15/h3,6-8,10-11H,5,9,15H2,1H3,(H,17,19). The summed E-state index contributed by atoms with van der Waals surface area (Å²) < 4.78 is 1.79. The molecule has 0 saturated heterocycles. The monoisotopic (exact) mass is 288 g/mol. The molecule has 0 radical (unpaired) electrons. The molecule has 1 unspecified atom stereocenters. The van der Waals surface area contributed by atoms with Crippen molar-refractivity contribution in [3.8, 4) is 11.8 Å². The van der Waals surface area contributed by atoms with E-state index in [0.29, 0.717) is 18.7 Å². The number of hydrogen-bond acceptors (Lipinski definition) is 4. The SMILES string of the molecule is CC(Cn1cccn1)NC(=O)c1csc(C#CCN)c1. The number of carbonyl (C=O) groups is 1. The largest absolute Gasteiger partial charge is 0.348 e. The van der Waals surface area contributed by atoms with Crippen LogP contribution in [0.15, 0.2) is 29.9 Å². The first-order chi connectivity index (χ1) is 9.69. The highest BCUT2D eigenvalue weighted by molar-refractivity contribution is 7.10. The summed E-state index contributed by atoms with van der Waals surface area (Å²) in [5.41, 5.74) is 5.95. The fraction of sp³-hybridized carbons (Fsp3) is 0.286. The van der Waals surface area contributed by atoms with Gasteiger partial charge in [-0.15, -0.1) is 11.3 Å². The van der Waals surface area contributed by atoms with E-state index in [-0.39, 0.29) is 11.9 Å². The topological polar surface area (TPSA) is 72.9 Å². The van der Waals surface area contributed by atoms with Gasteiger partial charge in [0.2, 0.25) is 0 Å². The Hall–Kier alpha value is -2.10. The predicted molar refractivity (Wildman–Crippen MR) is 79.4 cm³/mol. The summed E-state index contributed by atoms with van der Waals surface area (Å²) in [5, 5.41) is 8.85. The first-order valence-electron chi connectivity index (χ1n) is 6.25. The van der Waals surface area contributed by atoms with Gasteiger partial charge in [0.1, 0.15) is 0 Å². The predicted octanol–water partition coefficient (Wildman–Crippen LogP) is 1.07. The molecule has 20 heavy (non-hydrogen) atoms. The Morgan fingerprint density at radius 2 is 2.50 bits per heavy atom. The third-order valence-corrected chi connectivity index (χ3v) is 3.42. The molecule has 0 aromatic carbocycles. The van der Waals surface area contributed by atoms with Crippen LogP contribution in [0, 0.1) is 11.8 Å². The lowest BCUT2D eigenvalue weighted by atomic mass is 10.2. The van der Waals surface area contributed by atoms with E-state index in [0.717, 1.165) is 4.88 Å². The molecule has 0 aliphatic carbocycles. The Morgan fingerprint density at radius 1 is 1.65 bits per heavy atom. The lowest BCUT2D eigenvalue weighted by molar-refractivity contribution is 0.0936. The number of nitrogens with one attached hydrogen (secondary N) is 1. The van der Waals surface area contributed by atoms with Crippen molar-refractivity contribution in [2.75, 3.05) is 6.54 Å². The summed E-state index contributed by atoms with van der Waals surface area (Å²) in [6.07, 6.45) is 3.59. The van der Waals surface area contributed by atoms with Crippen molar-refractivity contribution in [1.82, 2.24) is 15.1 Å². The number of amides is 1. The van der Waals surface area contributed by atoms with Crippen molar-refractivity contribution in [1.29, 1.82) is 0 Å². The highest BCUT2D eigenvalue weighted by Crippen LogP contribution is 2.13. The van der Waals surface area contributed by atoms with Crippen LogP contribution < -0.4 is 11.1 Å². The van der Waals surface area contributed by atoms with Crippen LogP contribution in [0.3, 0.4) is 0 Å². The molecule has 2 aromatic heterocycles. The minimum atomic E-state index is -0.0956. The van der Waals surface area contributed by atoms with Crippen LogP contribution >= 0.6 is 11.3 Å². The number of nitrogens with zero attached hydrogens (tertiary/aromatic N) is 2. The zero-order chi connectivity index (χ0) is 14.4. The van der Waals surface area contributed by atoms with Gasteiger partial charge in [-0.05, 0) is 19.1 Å². The number of aromatic nitrogens is 2. The van der Waals surface area contributed by atoms with E-state index in [1.165, 1.54) is 11.3 Å². The van der Waals surface area contributed by atoms with E-state index in [1.807, 2.05) is 19.2 Å². The Morgan fingerprint density at radius 3 is 3.20 bits per heavy atom. The molecular weight excluding hydrogens is 272 g/mol. The maximum atomic E-state index is 12.1. The molecule has 0 bridgehead atoms. The molecule has 2 aromatic rings. The van der Waals surface area contributed by atoms with Crippen molar-refractivity contribution in [2.45, 2.75) is 19.5 Å². The third-order valence-electron chi connectivity index (χ3n) is 2.57. The smallest absolute Gasteiger partial charge is 0.252 e. The maximum absolute atomic E-state index is 12.1. The van der Waals surface area contributed by atoms with Crippen LogP contribution in [-0.4, -0.2) is 28.3 Å². The molecule has 1 amide bonds. The Balaban J connectivity index is 1.92. The number of nitrogens with two attached hydrogens (primary N) is 1. The Kier molecular flexibility index (Phi) is 4.93. The molecule has 3 N–H and O–H groups in total. The lowest BCUT2D eigenvalue weighted by Gasteiger charge is -2.13. The van der Waals surface area contributed by atoms with Crippen molar-refractivity contribution < 1.29 is 4.79 Å². The normalized spacial score (nSPS) is 11.5. The lowest BCUT2D eigenvalue weighted by Crippen LogP contribution is -2.35. The van der Waals surface area contributed by atoms with Crippen molar-refractivity contribution in [3.63, 3.8) is 0 Å².